The normalized spacial score (nSPS) is 13.5. The second-order valence-electron chi connectivity index (χ2n) is 6.91. The van der Waals surface area contributed by atoms with Gasteiger partial charge in [0.2, 0.25) is 0 Å². The van der Waals surface area contributed by atoms with Crippen LogP contribution >= 0.6 is 0 Å². The first-order valence-electron chi connectivity index (χ1n) is 9.27. The Morgan fingerprint density at radius 1 is 1.14 bits per heavy atom. The number of carbonyl (C=O) groups is 1. The summed E-state index contributed by atoms with van der Waals surface area (Å²) >= 11 is 0. The molecule has 0 fully saturated rings. The number of aromatic nitrogens is 2. The topological polar surface area (TPSA) is 71.4 Å². The van der Waals surface area contributed by atoms with E-state index in [4.69, 9.17) is 9.15 Å². The van der Waals surface area contributed by atoms with E-state index in [0.29, 0.717) is 24.6 Å². The fraction of sp³-hybridized carbons (Fsp3) is 0.182. The summed E-state index contributed by atoms with van der Waals surface area (Å²) in [4.78, 5) is 14.5. The van der Waals surface area contributed by atoms with Crippen LogP contribution in [0.1, 0.15) is 27.6 Å². The predicted molar refractivity (Wildman–Crippen MR) is 104 cm³/mol. The standard InChI is InChI=1S/C22H19N3O3/c26-22(25-10-9-20-17(13-25)12-23-24-20)21-8-7-19(28-21)14-27-18-6-5-15-3-1-2-4-16(15)11-18/h1-8,11-12H,9-10,13-14H2,(H,23,24). The molecule has 6 nitrogen and oxygen atoms in total. The number of nitrogens with one attached hydrogen (secondary N) is 1. The number of rotatable bonds is 4. The number of aromatic amines is 1. The summed E-state index contributed by atoms with van der Waals surface area (Å²) < 4.78 is 11.6. The van der Waals surface area contributed by atoms with Gasteiger partial charge in [-0.05, 0) is 35.0 Å². The molecule has 0 spiro atoms. The van der Waals surface area contributed by atoms with Gasteiger partial charge in [0.15, 0.2) is 5.76 Å². The van der Waals surface area contributed by atoms with Crippen molar-refractivity contribution in [3.05, 3.63) is 83.6 Å². The Morgan fingerprint density at radius 3 is 2.96 bits per heavy atom. The lowest BCUT2D eigenvalue weighted by molar-refractivity contribution is 0.0698. The van der Waals surface area contributed by atoms with Crippen molar-refractivity contribution in [2.24, 2.45) is 0 Å². The van der Waals surface area contributed by atoms with Crippen molar-refractivity contribution in [3.63, 3.8) is 0 Å². The van der Waals surface area contributed by atoms with E-state index in [1.54, 1.807) is 23.2 Å². The zero-order valence-corrected chi connectivity index (χ0v) is 15.2. The number of ether oxygens (including phenoxy) is 1. The minimum absolute atomic E-state index is 0.108. The van der Waals surface area contributed by atoms with Crippen LogP contribution in [-0.4, -0.2) is 27.5 Å². The van der Waals surface area contributed by atoms with Crippen LogP contribution in [0.5, 0.6) is 5.75 Å². The minimum Gasteiger partial charge on any atom is -0.486 e. The molecule has 3 heterocycles. The highest BCUT2D eigenvalue weighted by atomic mass is 16.5. The van der Waals surface area contributed by atoms with Crippen molar-refractivity contribution in [2.75, 3.05) is 6.54 Å². The average Bonchev–Trinajstić information content (AvgIpc) is 3.40. The molecule has 0 aliphatic carbocycles. The fourth-order valence-electron chi connectivity index (χ4n) is 3.53. The summed E-state index contributed by atoms with van der Waals surface area (Å²) in [6, 6.07) is 17.6. The molecular weight excluding hydrogens is 354 g/mol. The molecule has 1 amide bonds. The summed E-state index contributed by atoms with van der Waals surface area (Å²) in [5.41, 5.74) is 2.17. The van der Waals surface area contributed by atoms with Crippen molar-refractivity contribution >= 4 is 16.7 Å². The lowest BCUT2D eigenvalue weighted by Crippen LogP contribution is -2.35. The molecule has 0 saturated heterocycles. The highest BCUT2D eigenvalue weighted by Gasteiger charge is 2.25. The molecule has 140 valence electrons. The Kier molecular flexibility index (Phi) is 4.09. The van der Waals surface area contributed by atoms with Gasteiger partial charge in [-0.2, -0.15) is 5.10 Å². The highest BCUT2D eigenvalue weighted by molar-refractivity contribution is 5.91. The quantitative estimate of drug-likeness (QED) is 0.588. The Bertz CT molecular complexity index is 1140. The number of hydrogen-bond acceptors (Lipinski definition) is 4. The number of amides is 1. The van der Waals surface area contributed by atoms with Crippen LogP contribution in [0.2, 0.25) is 0 Å². The maximum atomic E-state index is 12.7. The highest BCUT2D eigenvalue weighted by Crippen LogP contribution is 2.23. The van der Waals surface area contributed by atoms with Crippen molar-refractivity contribution in [1.82, 2.24) is 15.1 Å². The smallest absolute Gasteiger partial charge is 0.289 e. The molecular formula is C22H19N3O3. The maximum absolute atomic E-state index is 12.7. The van der Waals surface area contributed by atoms with E-state index in [-0.39, 0.29) is 12.5 Å². The van der Waals surface area contributed by atoms with Gasteiger partial charge in [0, 0.05) is 30.8 Å². The van der Waals surface area contributed by atoms with Crippen molar-refractivity contribution < 1.29 is 13.9 Å². The zero-order valence-electron chi connectivity index (χ0n) is 15.2. The summed E-state index contributed by atoms with van der Waals surface area (Å²) in [5.74, 6) is 1.62. The van der Waals surface area contributed by atoms with Crippen LogP contribution in [-0.2, 0) is 19.6 Å². The first-order valence-corrected chi connectivity index (χ1v) is 9.27. The van der Waals surface area contributed by atoms with Crippen LogP contribution in [0.3, 0.4) is 0 Å². The number of hydrogen-bond donors (Lipinski definition) is 1. The second-order valence-corrected chi connectivity index (χ2v) is 6.91. The number of carbonyl (C=O) groups excluding carboxylic acids is 1. The fourth-order valence-corrected chi connectivity index (χ4v) is 3.53. The number of nitrogens with zero attached hydrogens (tertiary/aromatic N) is 2. The molecule has 5 rings (SSSR count). The molecule has 0 unspecified atom stereocenters. The SMILES string of the molecule is O=C(c1ccc(COc2ccc3ccccc3c2)o1)N1CCc2[nH]ncc2C1. The monoisotopic (exact) mass is 373 g/mol. The van der Waals surface area contributed by atoms with Crippen molar-refractivity contribution in [1.29, 1.82) is 0 Å². The third kappa shape index (κ3) is 3.13. The van der Waals surface area contributed by atoms with Crippen molar-refractivity contribution in [2.45, 2.75) is 19.6 Å². The summed E-state index contributed by atoms with van der Waals surface area (Å²) in [7, 11) is 0. The van der Waals surface area contributed by atoms with Gasteiger partial charge in [0.05, 0.1) is 6.20 Å². The Hall–Kier alpha value is -3.54. The molecule has 0 atom stereocenters. The molecule has 1 aliphatic rings. The largest absolute Gasteiger partial charge is 0.486 e. The van der Waals surface area contributed by atoms with E-state index >= 15 is 0 Å². The molecule has 4 aromatic rings. The molecule has 0 saturated carbocycles. The van der Waals surface area contributed by atoms with E-state index in [9.17, 15) is 4.79 Å². The third-order valence-corrected chi connectivity index (χ3v) is 5.06. The summed E-state index contributed by atoms with van der Waals surface area (Å²) in [6.45, 7) is 1.48. The van der Waals surface area contributed by atoms with E-state index in [0.717, 1.165) is 28.8 Å². The second kappa shape index (κ2) is 6.88. The van der Waals surface area contributed by atoms with E-state index in [1.807, 2.05) is 30.3 Å². The number of H-pyrrole nitrogens is 1. The van der Waals surface area contributed by atoms with Crippen LogP contribution in [0, 0.1) is 0 Å². The van der Waals surface area contributed by atoms with Gasteiger partial charge in [0.25, 0.3) is 5.91 Å². The van der Waals surface area contributed by atoms with Crippen molar-refractivity contribution in [3.8, 4) is 5.75 Å². The number of furan rings is 1. The summed E-state index contributed by atoms with van der Waals surface area (Å²) in [6.07, 6.45) is 2.56. The number of benzene rings is 2. The van der Waals surface area contributed by atoms with Gasteiger partial charge in [-0.25, -0.2) is 0 Å². The predicted octanol–water partition coefficient (Wildman–Crippen LogP) is 3.93. The molecule has 0 radical (unpaired) electrons. The third-order valence-electron chi connectivity index (χ3n) is 5.06. The summed E-state index contributed by atoms with van der Waals surface area (Å²) in [5, 5.41) is 9.31. The van der Waals surface area contributed by atoms with Gasteiger partial charge in [0.1, 0.15) is 18.1 Å². The van der Waals surface area contributed by atoms with E-state index < -0.39 is 0 Å². The Morgan fingerprint density at radius 2 is 2.04 bits per heavy atom. The minimum atomic E-state index is -0.108. The van der Waals surface area contributed by atoms with Crippen LogP contribution in [0.25, 0.3) is 10.8 Å². The average molecular weight is 373 g/mol. The van der Waals surface area contributed by atoms with E-state index in [2.05, 4.69) is 22.3 Å². The molecule has 28 heavy (non-hydrogen) atoms. The lowest BCUT2D eigenvalue weighted by atomic mass is 10.1. The maximum Gasteiger partial charge on any atom is 0.289 e. The molecule has 2 aromatic heterocycles. The lowest BCUT2D eigenvalue weighted by Gasteiger charge is -2.25. The first kappa shape index (κ1) is 16.6. The van der Waals surface area contributed by atoms with Gasteiger partial charge in [-0.15, -0.1) is 0 Å². The van der Waals surface area contributed by atoms with Crippen LogP contribution in [0.4, 0.5) is 0 Å². The van der Waals surface area contributed by atoms with Crippen LogP contribution in [0.15, 0.2) is 65.2 Å². The first-order chi connectivity index (χ1) is 13.8. The van der Waals surface area contributed by atoms with Gasteiger partial charge in [-0.1, -0.05) is 30.3 Å². The molecule has 1 aliphatic heterocycles. The number of fused-ring (bicyclic) bond motifs is 2. The van der Waals surface area contributed by atoms with Gasteiger partial charge < -0.3 is 14.1 Å². The van der Waals surface area contributed by atoms with Gasteiger partial charge >= 0.3 is 0 Å². The molecule has 2 aromatic carbocycles. The Balaban J connectivity index is 1.25. The van der Waals surface area contributed by atoms with Crippen LogP contribution < -0.4 is 4.74 Å². The molecule has 1 N–H and O–H groups in total. The van der Waals surface area contributed by atoms with E-state index in [1.165, 1.54) is 5.39 Å². The molecule has 6 heteroatoms. The van der Waals surface area contributed by atoms with Gasteiger partial charge in [-0.3, -0.25) is 9.89 Å². The zero-order chi connectivity index (χ0) is 18.9. The molecule has 0 bridgehead atoms. The Labute approximate surface area is 161 Å².